The van der Waals surface area contributed by atoms with E-state index in [1.165, 1.54) is 0 Å². The number of nitrogens with zero attached hydrogens (tertiary/aromatic N) is 1. The van der Waals surface area contributed by atoms with Gasteiger partial charge >= 0.3 is 0 Å². The van der Waals surface area contributed by atoms with Crippen LogP contribution in [-0.2, 0) is 14.3 Å². The summed E-state index contributed by atoms with van der Waals surface area (Å²) in [7, 11) is 0. The number of unbranched alkanes of at least 4 members (excludes halogenated alkanes) is 1. The number of hydrogen-bond acceptors (Lipinski definition) is 3. The van der Waals surface area contributed by atoms with Gasteiger partial charge in [0.1, 0.15) is 6.10 Å². The fourth-order valence-corrected chi connectivity index (χ4v) is 4.65. The summed E-state index contributed by atoms with van der Waals surface area (Å²) in [6.45, 7) is 5.04. The first-order valence-corrected chi connectivity index (χ1v) is 10.4. The highest BCUT2D eigenvalue weighted by Gasteiger charge is 2.54. The number of fused-ring (bicyclic) bond motifs is 2. The highest BCUT2D eigenvalue weighted by atomic mass is 19.3. The van der Waals surface area contributed by atoms with Crippen molar-refractivity contribution in [1.29, 1.82) is 0 Å². The number of carbonyl (C=O) groups is 2. The Morgan fingerprint density at radius 1 is 1.19 bits per heavy atom. The van der Waals surface area contributed by atoms with Gasteiger partial charge < -0.3 is 15.0 Å². The molecule has 0 aromatic heterocycles. The average molecular weight is 386 g/mol. The van der Waals surface area contributed by atoms with Gasteiger partial charge in [-0.2, -0.15) is 0 Å². The first-order chi connectivity index (χ1) is 12.9. The molecular weight excluding hydrogens is 354 g/mol. The van der Waals surface area contributed by atoms with Crippen molar-refractivity contribution in [2.75, 3.05) is 13.2 Å². The van der Waals surface area contributed by atoms with Gasteiger partial charge in [0.05, 0.1) is 0 Å². The van der Waals surface area contributed by atoms with Crippen molar-refractivity contribution in [3.63, 3.8) is 0 Å². The Morgan fingerprint density at radius 2 is 1.85 bits per heavy atom. The van der Waals surface area contributed by atoms with Crippen LogP contribution < -0.4 is 5.32 Å². The second-order valence-electron chi connectivity index (χ2n) is 8.42. The zero-order valence-electron chi connectivity index (χ0n) is 16.3. The van der Waals surface area contributed by atoms with Gasteiger partial charge in [0.2, 0.25) is 18.2 Å². The SMILES string of the molecule is CCCCOC(C)C(=O)NCC1C[C@H]2CC[C@@H](C1)N2C(=O)[C@H]1C[C@@H]1C(F)F. The van der Waals surface area contributed by atoms with Crippen molar-refractivity contribution in [2.24, 2.45) is 17.8 Å². The van der Waals surface area contributed by atoms with Crippen LogP contribution in [0.25, 0.3) is 0 Å². The largest absolute Gasteiger partial charge is 0.369 e. The maximum Gasteiger partial charge on any atom is 0.248 e. The fraction of sp³-hybridized carbons (Fsp3) is 0.900. The molecule has 7 heteroatoms. The lowest BCUT2D eigenvalue weighted by Crippen LogP contribution is -2.49. The maximum atomic E-state index is 12.8. The third-order valence-corrected chi connectivity index (χ3v) is 6.37. The number of carbonyl (C=O) groups excluding carboxylic acids is 2. The van der Waals surface area contributed by atoms with E-state index in [1.807, 2.05) is 4.90 Å². The quantitative estimate of drug-likeness (QED) is 0.620. The number of rotatable bonds is 9. The molecule has 154 valence electrons. The zero-order chi connectivity index (χ0) is 19.6. The van der Waals surface area contributed by atoms with Crippen molar-refractivity contribution in [2.45, 2.75) is 83.4 Å². The maximum absolute atomic E-state index is 12.8. The molecule has 0 aromatic rings. The third kappa shape index (κ3) is 4.79. The summed E-state index contributed by atoms with van der Waals surface area (Å²) in [5, 5.41) is 2.98. The molecule has 2 amide bonds. The van der Waals surface area contributed by atoms with E-state index in [0.29, 0.717) is 25.5 Å². The molecule has 0 spiro atoms. The van der Waals surface area contributed by atoms with Crippen LogP contribution in [0.2, 0.25) is 0 Å². The Labute approximate surface area is 160 Å². The van der Waals surface area contributed by atoms with E-state index in [4.69, 9.17) is 4.74 Å². The van der Waals surface area contributed by atoms with E-state index in [9.17, 15) is 18.4 Å². The van der Waals surface area contributed by atoms with Gasteiger partial charge in [-0.1, -0.05) is 13.3 Å². The van der Waals surface area contributed by atoms with Gasteiger partial charge in [-0.05, 0) is 51.4 Å². The first kappa shape index (κ1) is 20.5. The highest BCUT2D eigenvalue weighted by molar-refractivity contribution is 5.83. The number of ether oxygens (including phenoxy) is 1. The van der Waals surface area contributed by atoms with E-state index in [0.717, 1.165) is 38.5 Å². The molecule has 0 radical (unpaired) electrons. The molecule has 27 heavy (non-hydrogen) atoms. The van der Waals surface area contributed by atoms with Gasteiger partial charge in [0, 0.05) is 37.1 Å². The van der Waals surface area contributed by atoms with Crippen molar-refractivity contribution in [1.82, 2.24) is 10.2 Å². The van der Waals surface area contributed by atoms with Gasteiger partial charge in [-0.25, -0.2) is 8.78 Å². The monoisotopic (exact) mass is 386 g/mol. The normalized spacial score (nSPS) is 33.2. The summed E-state index contributed by atoms with van der Waals surface area (Å²) < 4.78 is 31.1. The summed E-state index contributed by atoms with van der Waals surface area (Å²) in [5.74, 6) is -1.01. The van der Waals surface area contributed by atoms with Crippen molar-refractivity contribution in [3.8, 4) is 0 Å². The van der Waals surface area contributed by atoms with Crippen LogP contribution in [0.4, 0.5) is 8.78 Å². The molecule has 2 heterocycles. The number of hydrogen-bond donors (Lipinski definition) is 1. The predicted molar refractivity (Wildman–Crippen MR) is 97.3 cm³/mol. The number of halogens is 2. The standard InChI is InChI=1S/C20H32F2N2O3/c1-3-4-7-27-12(2)19(25)23-11-13-8-14-5-6-15(9-13)24(14)20(26)17-10-16(17)18(21)22/h12-18H,3-11H2,1-2H3,(H,23,25)/t12?,13?,14-,15+,16-,17-/m0/s1. The summed E-state index contributed by atoms with van der Waals surface area (Å²) >= 11 is 0. The summed E-state index contributed by atoms with van der Waals surface area (Å²) in [6.07, 6.45) is 3.07. The van der Waals surface area contributed by atoms with E-state index in [2.05, 4.69) is 12.2 Å². The Hall–Kier alpha value is -1.24. The van der Waals surface area contributed by atoms with Crippen LogP contribution in [0.15, 0.2) is 0 Å². The second kappa shape index (κ2) is 8.84. The Balaban J connectivity index is 1.43. The molecule has 0 aromatic carbocycles. The lowest BCUT2D eigenvalue weighted by atomic mass is 9.90. The summed E-state index contributed by atoms with van der Waals surface area (Å²) in [5.41, 5.74) is 0. The molecule has 2 saturated heterocycles. The van der Waals surface area contributed by atoms with Crippen LogP contribution in [0.3, 0.4) is 0 Å². The van der Waals surface area contributed by atoms with Gasteiger partial charge in [-0.3, -0.25) is 9.59 Å². The van der Waals surface area contributed by atoms with E-state index < -0.39 is 24.4 Å². The first-order valence-electron chi connectivity index (χ1n) is 10.4. The summed E-state index contributed by atoms with van der Waals surface area (Å²) in [4.78, 5) is 26.7. The molecule has 1 saturated carbocycles. The van der Waals surface area contributed by atoms with Crippen LogP contribution in [0.1, 0.15) is 58.8 Å². The van der Waals surface area contributed by atoms with E-state index >= 15 is 0 Å². The Morgan fingerprint density at radius 3 is 2.41 bits per heavy atom. The number of piperidine rings is 1. The highest BCUT2D eigenvalue weighted by Crippen LogP contribution is 2.48. The Bertz CT molecular complexity index is 531. The molecule has 2 aliphatic heterocycles. The molecule has 1 aliphatic carbocycles. The molecule has 2 unspecified atom stereocenters. The molecule has 6 atom stereocenters. The molecule has 2 bridgehead atoms. The van der Waals surface area contributed by atoms with Crippen molar-refractivity contribution < 1.29 is 23.1 Å². The fourth-order valence-electron chi connectivity index (χ4n) is 4.65. The van der Waals surface area contributed by atoms with E-state index in [1.54, 1.807) is 6.92 Å². The van der Waals surface area contributed by atoms with Gasteiger partial charge in [-0.15, -0.1) is 0 Å². The topological polar surface area (TPSA) is 58.6 Å². The predicted octanol–water partition coefficient (Wildman–Crippen LogP) is 2.98. The minimum absolute atomic E-state index is 0.0618. The molecule has 3 aliphatic rings. The van der Waals surface area contributed by atoms with Crippen molar-refractivity contribution in [3.05, 3.63) is 0 Å². The lowest BCUT2D eigenvalue weighted by Gasteiger charge is -2.39. The molecular formula is C20H32F2N2O3. The minimum Gasteiger partial charge on any atom is -0.369 e. The third-order valence-electron chi connectivity index (χ3n) is 6.37. The van der Waals surface area contributed by atoms with Gasteiger partial charge in [0.15, 0.2) is 0 Å². The number of nitrogens with one attached hydrogen (secondary N) is 1. The van der Waals surface area contributed by atoms with E-state index in [-0.39, 0.29) is 23.9 Å². The second-order valence-corrected chi connectivity index (χ2v) is 8.42. The molecule has 1 N–H and O–H groups in total. The van der Waals surface area contributed by atoms with Crippen LogP contribution in [0, 0.1) is 17.8 Å². The van der Waals surface area contributed by atoms with Crippen LogP contribution in [0.5, 0.6) is 0 Å². The summed E-state index contributed by atoms with van der Waals surface area (Å²) in [6, 6.07) is 0.297. The minimum atomic E-state index is -2.38. The lowest BCUT2D eigenvalue weighted by molar-refractivity contribution is -0.139. The molecule has 3 fully saturated rings. The van der Waals surface area contributed by atoms with Crippen LogP contribution >= 0.6 is 0 Å². The number of amides is 2. The van der Waals surface area contributed by atoms with Crippen molar-refractivity contribution >= 4 is 11.8 Å². The molecule has 5 nitrogen and oxygen atoms in total. The zero-order valence-corrected chi connectivity index (χ0v) is 16.3. The smallest absolute Gasteiger partial charge is 0.248 e. The average Bonchev–Trinajstić information content (AvgIpc) is 3.40. The Kier molecular flexibility index (Phi) is 6.71. The van der Waals surface area contributed by atoms with Gasteiger partial charge in [0.25, 0.3) is 0 Å². The van der Waals surface area contributed by atoms with Crippen LogP contribution in [-0.4, -0.2) is 54.5 Å². The number of alkyl halides is 2. The molecule has 3 rings (SSSR count).